The molecule has 12 heavy (non-hydrogen) atoms. The molecule has 0 aromatic carbocycles. The van der Waals surface area contributed by atoms with Gasteiger partial charge in [-0.25, -0.2) is 9.78 Å². The highest BCUT2D eigenvalue weighted by atomic mass is 16.1. The Morgan fingerprint density at radius 2 is 2.50 bits per heavy atom. The Balaban J connectivity index is 2.57. The number of hydrogen-bond donors (Lipinski definition) is 0. The minimum Gasteiger partial charge on any atom is -0.312 e. The Labute approximate surface area is 69.9 Å². The van der Waals surface area contributed by atoms with Crippen molar-refractivity contribution in [2.24, 2.45) is 4.99 Å². The summed E-state index contributed by atoms with van der Waals surface area (Å²) in [6.45, 7) is 2.87. The van der Waals surface area contributed by atoms with Crippen LogP contribution < -0.4 is 0 Å². The van der Waals surface area contributed by atoms with E-state index < -0.39 is 0 Å². The van der Waals surface area contributed by atoms with E-state index in [0.29, 0.717) is 5.95 Å². The second-order valence-electron chi connectivity index (χ2n) is 2.90. The average molecular weight is 163 g/mol. The summed E-state index contributed by atoms with van der Waals surface area (Å²) >= 11 is 0. The summed E-state index contributed by atoms with van der Waals surface area (Å²) in [4.78, 5) is 17.7. The van der Waals surface area contributed by atoms with Crippen molar-refractivity contribution < 1.29 is 4.79 Å². The second-order valence-corrected chi connectivity index (χ2v) is 2.90. The van der Waals surface area contributed by atoms with E-state index in [0.717, 1.165) is 25.1 Å². The van der Waals surface area contributed by atoms with Crippen molar-refractivity contribution in [3.05, 3.63) is 11.4 Å². The van der Waals surface area contributed by atoms with Crippen molar-refractivity contribution in [1.82, 2.24) is 9.55 Å². The van der Waals surface area contributed by atoms with Crippen LogP contribution in [-0.2, 0) is 17.8 Å². The van der Waals surface area contributed by atoms with Crippen molar-refractivity contribution in [2.75, 3.05) is 0 Å². The molecule has 1 aliphatic heterocycles. The molecule has 0 saturated heterocycles. The van der Waals surface area contributed by atoms with E-state index in [2.05, 4.69) is 9.98 Å². The summed E-state index contributed by atoms with van der Waals surface area (Å²) in [6, 6.07) is 0. The highest BCUT2D eigenvalue weighted by Gasteiger charge is 2.18. The van der Waals surface area contributed by atoms with E-state index in [1.54, 1.807) is 0 Å². The molecular formula is C8H9N3O. The van der Waals surface area contributed by atoms with Crippen molar-refractivity contribution in [3.63, 3.8) is 0 Å². The van der Waals surface area contributed by atoms with Gasteiger partial charge in [-0.1, -0.05) is 0 Å². The van der Waals surface area contributed by atoms with Gasteiger partial charge in [0.15, 0.2) is 0 Å². The van der Waals surface area contributed by atoms with Gasteiger partial charge in [-0.05, 0) is 19.8 Å². The topological polar surface area (TPSA) is 47.2 Å². The molecule has 0 radical (unpaired) electrons. The number of hydrogen-bond acceptors (Lipinski definition) is 3. The molecule has 2 heterocycles. The molecule has 0 amide bonds. The normalized spacial score (nSPS) is 14.1. The molecule has 1 aromatic heterocycles. The summed E-state index contributed by atoms with van der Waals surface area (Å²) in [7, 11) is 0. The van der Waals surface area contributed by atoms with Crippen LogP contribution in [-0.4, -0.2) is 15.6 Å². The lowest BCUT2D eigenvalue weighted by molar-refractivity contribution is 0.564. The molecule has 0 fully saturated rings. The van der Waals surface area contributed by atoms with Crippen molar-refractivity contribution in [1.29, 1.82) is 0 Å². The van der Waals surface area contributed by atoms with Gasteiger partial charge in [0.2, 0.25) is 12.0 Å². The van der Waals surface area contributed by atoms with Crippen LogP contribution in [0.2, 0.25) is 0 Å². The number of imidazole rings is 1. The summed E-state index contributed by atoms with van der Waals surface area (Å²) in [5.41, 5.74) is 2.20. The fraction of sp³-hybridized carbons (Fsp3) is 0.500. The smallest absolute Gasteiger partial charge is 0.243 e. The number of aliphatic imine (C=N–C) groups is 1. The van der Waals surface area contributed by atoms with Gasteiger partial charge in [-0.15, -0.1) is 4.99 Å². The third-order valence-corrected chi connectivity index (χ3v) is 2.19. The fourth-order valence-electron chi connectivity index (χ4n) is 1.67. The first-order valence-corrected chi connectivity index (χ1v) is 3.97. The molecule has 1 aliphatic rings. The fourth-order valence-corrected chi connectivity index (χ4v) is 1.67. The zero-order chi connectivity index (χ0) is 8.55. The molecule has 0 unspecified atom stereocenters. The molecule has 2 rings (SSSR count). The zero-order valence-corrected chi connectivity index (χ0v) is 6.87. The van der Waals surface area contributed by atoms with E-state index in [9.17, 15) is 4.79 Å². The van der Waals surface area contributed by atoms with Crippen LogP contribution >= 0.6 is 0 Å². The van der Waals surface area contributed by atoms with Crippen molar-refractivity contribution in [2.45, 2.75) is 26.3 Å². The molecule has 62 valence electrons. The molecule has 0 saturated carbocycles. The van der Waals surface area contributed by atoms with Crippen LogP contribution in [0.4, 0.5) is 5.95 Å². The third-order valence-electron chi connectivity index (χ3n) is 2.19. The molecule has 0 aliphatic carbocycles. The lowest BCUT2D eigenvalue weighted by Gasteiger charge is -1.94. The highest BCUT2D eigenvalue weighted by molar-refractivity contribution is 5.43. The SMILES string of the molecule is Cc1nc(N=C=O)n2c1CCC2. The molecule has 0 N–H and O–H groups in total. The standard InChI is InChI=1S/C8H9N3O/c1-6-7-3-2-4-11(7)8(10-6)9-5-12/h2-4H2,1H3. The lowest BCUT2D eigenvalue weighted by atomic mass is 10.2. The van der Waals surface area contributed by atoms with Crippen LogP contribution in [0.3, 0.4) is 0 Å². The zero-order valence-electron chi connectivity index (χ0n) is 6.87. The Bertz CT molecular complexity index is 361. The van der Waals surface area contributed by atoms with Gasteiger partial charge in [0.25, 0.3) is 0 Å². The molecule has 0 bridgehead atoms. The number of rotatable bonds is 1. The molecule has 4 nitrogen and oxygen atoms in total. The van der Waals surface area contributed by atoms with Gasteiger partial charge in [0.1, 0.15) is 0 Å². The number of fused-ring (bicyclic) bond motifs is 1. The Kier molecular flexibility index (Phi) is 1.55. The first-order chi connectivity index (χ1) is 5.83. The summed E-state index contributed by atoms with van der Waals surface area (Å²) in [5.74, 6) is 0.509. The number of isocyanates is 1. The van der Waals surface area contributed by atoms with E-state index in [-0.39, 0.29) is 0 Å². The molecule has 0 spiro atoms. The molecule has 0 atom stereocenters. The summed E-state index contributed by atoms with van der Waals surface area (Å²) < 4.78 is 1.99. The Morgan fingerprint density at radius 1 is 1.67 bits per heavy atom. The molecule has 1 aromatic rings. The van der Waals surface area contributed by atoms with Crippen molar-refractivity contribution >= 4 is 12.0 Å². The van der Waals surface area contributed by atoms with Gasteiger partial charge in [-0.3, -0.25) is 0 Å². The van der Waals surface area contributed by atoms with Crippen LogP contribution in [0, 0.1) is 6.92 Å². The van der Waals surface area contributed by atoms with E-state index >= 15 is 0 Å². The second kappa shape index (κ2) is 2.57. The monoisotopic (exact) mass is 163 g/mol. The van der Waals surface area contributed by atoms with Crippen LogP contribution in [0.15, 0.2) is 4.99 Å². The molecule has 4 heteroatoms. The largest absolute Gasteiger partial charge is 0.312 e. The maximum atomic E-state index is 10.0. The van der Waals surface area contributed by atoms with E-state index in [1.807, 2.05) is 11.5 Å². The van der Waals surface area contributed by atoms with Gasteiger partial charge in [0, 0.05) is 12.2 Å². The number of aromatic nitrogens is 2. The lowest BCUT2D eigenvalue weighted by Crippen LogP contribution is -1.90. The number of nitrogens with zero attached hydrogens (tertiary/aromatic N) is 3. The van der Waals surface area contributed by atoms with Crippen LogP contribution in [0.25, 0.3) is 0 Å². The number of aryl methyl sites for hydroxylation is 1. The third kappa shape index (κ3) is 0.889. The van der Waals surface area contributed by atoms with E-state index in [1.165, 1.54) is 11.8 Å². The van der Waals surface area contributed by atoms with Gasteiger partial charge >= 0.3 is 0 Å². The maximum absolute atomic E-state index is 10.0. The highest BCUT2D eigenvalue weighted by Crippen LogP contribution is 2.24. The quantitative estimate of drug-likeness (QED) is 0.460. The first kappa shape index (κ1) is 7.25. The average Bonchev–Trinajstić information content (AvgIpc) is 2.58. The summed E-state index contributed by atoms with van der Waals surface area (Å²) in [5, 5.41) is 0. The predicted molar refractivity (Wildman–Crippen MR) is 43.1 cm³/mol. The number of carbonyl (C=O) groups excluding carboxylic acids is 1. The minimum absolute atomic E-state index is 0.509. The Morgan fingerprint density at radius 3 is 3.25 bits per heavy atom. The van der Waals surface area contributed by atoms with Gasteiger partial charge < -0.3 is 4.57 Å². The van der Waals surface area contributed by atoms with Crippen molar-refractivity contribution in [3.8, 4) is 0 Å². The van der Waals surface area contributed by atoms with Gasteiger partial charge in [0.05, 0.1) is 5.69 Å². The maximum Gasteiger partial charge on any atom is 0.243 e. The minimum atomic E-state index is 0.509. The Hall–Kier alpha value is -1.41. The summed E-state index contributed by atoms with van der Waals surface area (Å²) in [6.07, 6.45) is 3.69. The van der Waals surface area contributed by atoms with Crippen LogP contribution in [0.1, 0.15) is 17.8 Å². The van der Waals surface area contributed by atoms with Gasteiger partial charge in [-0.2, -0.15) is 0 Å². The van der Waals surface area contributed by atoms with Crippen LogP contribution in [0.5, 0.6) is 0 Å². The van der Waals surface area contributed by atoms with E-state index in [4.69, 9.17) is 0 Å². The predicted octanol–water partition coefficient (Wildman–Crippen LogP) is 1.11. The first-order valence-electron chi connectivity index (χ1n) is 3.97. The molecular weight excluding hydrogens is 154 g/mol.